The zero-order chi connectivity index (χ0) is 17.1. The Morgan fingerprint density at radius 2 is 1.71 bits per heavy atom. The van der Waals surface area contributed by atoms with Crippen LogP contribution in [0.15, 0.2) is 65.9 Å². The normalized spacial score (nSPS) is 17.1. The lowest BCUT2D eigenvalue weighted by Crippen LogP contribution is -2.21. The molecular formula is C22H24FN. The Morgan fingerprint density at radius 3 is 2.42 bits per heavy atom. The topological polar surface area (TPSA) is 12.0 Å². The molecule has 2 aromatic rings. The highest BCUT2D eigenvalue weighted by atomic mass is 19.1. The Balaban J connectivity index is 2.07. The van der Waals surface area contributed by atoms with Crippen LogP contribution < -0.4 is 5.32 Å². The number of hydrogen-bond donors (Lipinski definition) is 1. The Morgan fingerprint density at radius 1 is 1.00 bits per heavy atom. The van der Waals surface area contributed by atoms with Gasteiger partial charge in [0.05, 0.1) is 6.04 Å². The Labute approximate surface area is 143 Å². The summed E-state index contributed by atoms with van der Waals surface area (Å²) < 4.78 is 13.2. The number of benzene rings is 2. The first-order chi connectivity index (χ1) is 11.6. The van der Waals surface area contributed by atoms with Crippen LogP contribution in [0.1, 0.15) is 44.4 Å². The van der Waals surface area contributed by atoms with Gasteiger partial charge in [0.2, 0.25) is 0 Å². The molecule has 0 fully saturated rings. The van der Waals surface area contributed by atoms with Crippen molar-refractivity contribution in [1.29, 1.82) is 0 Å². The molecule has 0 saturated heterocycles. The van der Waals surface area contributed by atoms with Crippen LogP contribution in [-0.4, -0.2) is 0 Å². The van der Waals surface area contributed by atoms with E-state index >= 15 is 0 Å². The molecule has 0 aliphatic carbocycles. The van der Waals surface area contributed by atoms with Gasteiger partial charge in [0, 0.05) is 0 Å². The molecule has 2 heteroatoms. The molecule has 124 valence electrons. The van der Waals surface area contributed by atoms with Crippen LogP contribution in [0, 0.1) is 5.82 Å². The highest BCUT2D eigenvalue weighted by Crippen LogP contribution is 2.33. The van der Waals surface area contributed by atoms with Crippen LogP contribution in [0.2, 0.25) is 0 Å². The Kier molecular flexibility index (Phi) is 4.84. The van der Waals surface area contributed by atoms with E-state index < -0.39 is 0 Å². The summed E-state index contributed by atoms with van der Waals surface area (Å²) in [6.45, 7) is 6.56. The largest absolute Gasteiger partial charge is 0.380 e. The average molecular weight is 321 g/mol. The van der Waals surface area contributed by atoms with Gasteiger partial charge in [-0.2, -0.15) is 0 Å². The molecule has 0 aromatic heterocycles. The maximum atomic E-state index is 13.2. The minimum absolute atomic E-state index is 0.199. The molecule has 0 spiro atoms. The Hall–Kier alpha value is -2.35. The number of hydrogen-bond acceptors (Lipinski definition) is 1. The smallest absolute Gasteiger partial charge is 0.123 e. The quantitative estimate of drug-likeness (QED) is 0.735. The van der Waals surface area contributed by atoms with Gasteiger partial charge < -0.3 is 5.32 Å². The zero-order valence-corrected chi connectivity index (χ0v) is 14.6. The molecule has 1 nitrogen and oxygen atoms in total. The second kappa shape index (κ2) is 7.04. The summed E-state index contributed by atoms with van der Waals surface area (Å²) in [4.78, 5) is 0. The summed E-state index contributed by atoms with van der Waals surface area (Å²) in [5.74, 6) is -0.199. The lowest BCUT2D eigenvalue weighted by molar-refractivity contribution is 0.628. The van der Waals surface area contributed by atoms with E-state index in [1.807, 2.05) is 18.3 Å². The number of aryl methyl sites for hydroxylation is 1. The van der Waals surface area contributed by atoms with Gasteiger partial charge in [-0.05, 0) is 84.1 Å². The molecule has 1 N–H and O–H groups in total. The number of nitrogens with one attached hydrogen (secondary N) is 1. The van der Waals surface area contributed by atoms with E-state index in [0.29, 0.717) is 0 Å². The van der Waals surface area contributed by atoms with Crippen molar-refractivity contribution in [3.8, 4) is 11.1 Å². The van der Waals surface area contributed by atoms with Crippen molar-refractivity contribution < 1.29 is 4.39 Å². The predicted molar refractivity (Wildman–Crippen MR) is 99.2 cm³/mol. The molecular weight excluding hydrogens is 297 g/mol. The number of rotatable bonds is 4. The van der Waals surface area contributed by atoms with Crippen molar-refractivity contribution in [2.45, 2.75) is 39.7 Å². The molecule has 1 aliphatic rings. The number of allylic oxidation sites excluding steroid dienone is 2. The van der Waals surface area contributed by atoms with Gasteiger partial charge in [-0.25, -0.2) is 4.39 Å². The summed E-state index contributed by atoms with van der Waals surface area (Å²) in [5.41, 5.74) is 7.54. The minimum Gasteiger partial charge on any atom is -0.380 e. The maximum absolute atomic E-state index is 13.2. The molecule has 0 saturated carbocycles. The second-order valence-electron chi connectivity index (χ2n) is 6.47. The first-order valence-corrected chi connectivity index (χ1v) is 8.59. The summed E-state index contributed by atoms with van der Waals surface area (Å²) in [7, 11) is 0. The lowest BCUT2D eigenvalue weighted by atomic mass is 9.87. The number of halogens is 1. The summed E-state index contributed by atoms with van der Waals surface area (Å²) in [5, 5.41) is 3.50. The molecule has 3 rings (SSSR count). The lowest BCUT2D eigenvalue weighted by Gasteiger charge is -2.27. The van der Waals surface area contributed by atoms with E-state index in [2.05, 4.69) is 50.4 Å². The fourth-order valence-corrected chi connectivity index (χ4v) is 3.26. The van der Waals surface area contributed by atoms with Crippen molar-refractivity contribution in [2.75, 3.05) is 0 Å². The maximum Gasteiger partial charge on any atom is 0.123 e. The molecule has 2 aromatic carbocycles. The van der Waals surface area contributed by atoms with E-state index in [1.54, 1.807) is 0 Å². The first kappa shape index (κ1) is 16.5. The highest BCUT2D eigenvalue weighted by molar-refractivity contribution is 5.65. The van der Waals surface area contributed by atoms with Crippen LogP contribution in [0.5, 0.6) is 0 Å². The molecule has 1 heterocycles. The van der Waals surface area contributed by atoms with E-state index in [-0.39, 0.29) is 11.9 Å². The third-order valence-electron chi connectivity index (χ3n) is 4.81. The molecule has 0 amide bonds. The van der Waals surface area contributed by atoms with Crippen LogP contribution in [0.25, 0.3) is 11.1 Å². The van der Waals surface area contributed by atoms with Crippen molar-refractivity contribution in [3.05, 3.63) is 82.8 Å². The molecule has 0 bridgehead atoms. The molecule has 1 atom stereocenters. The van der Waals surface area contributed by atoms with Crippen molar-refractivity contribution in [2.24, 2.45) is 0 Å². The van der Waals surface area contributed by atoms with E-state index in [9.17, 15) is 4.39 Å². The minimum atomic E-state index is -0.199. The van der Waals surface area contributed by atoms with Crippen LogP contribution >= 0.6 is 0 Å². The third-order valence-corrected chi connectivity index (χ3v) is 4.81. The van der Waals surface area contributed by atoms with E-state index in [0.717, 1.165) is 24.0 Å². The van der Waals surface area contributed by atoms with Crippen molar-refractivity contribution in [3.63, 3.8) is 0 Å². The monoisotopic (exact) mass is 321 g/mol. The van der Waals surface area contributed by atoms with Crippen molar-refractivity contribution >= 4 is 0 Å². The highest BCUT2D eigenvalue weighted by Gasteiger charge is 2.19. The summed E-state index contributed by atoms with van der Waals surface area (Å²) in [6, 6.07) is 13.6. The average Bonchev–Trinajstić information content (AvgIpc) is 2.59. The molecule has 24 heavy (non-hydrogen) atoms. The fraction of sp³-hybridized carbons (Fsp3) is 0.273. The standard InChI is InChI=1S/C22H24FN/c1-4-5-18-6-7-19(17-8-10-20(23)11-9-17)14-21(18)22-16(3)15(2)12-13-24-22/h6-14,22,24H,4-5H2,1-3H3. The van der Waals surface area contributed by atoms with Gasteiger partial charge in [-0.1, -0.05) is 37.6 Å². The van der Waals surface area contributed by atoms with Gasteiger partial charge in [0.25, 0.3) is 0 Å². The molecule has 1 aliphatic heterocycles. The van der Waals surface area contributed by atoms with E-state index in [4.69, 9.17) is 0 Å². The second-order valence-corrected chi connectivity index (χ2v) is 6.47. The fourth-order valence-electron chi connectivity index (χ4n) is 3.26. The van der Waals surface area contributed by atoms with Gasteiger partial charge in [0.15, 0.2) is 0 Å². The molecule has 0 radical (unpaired) electrons. The van der Waals surface area contributed by atoms with Gasteiger partial charge in [-0.3, -0.25) is 0 Å². The zero-order valence-electron chi connectivity index (χ0n) is 14.6. The third kappa shape index (κ3) is 3.28. The summed E-state index contributed by atoms with van der Waals surface area (Å²) in [6.07, 6.45) is 6.34. The Bertz CT molecular complexity index is 784. The first-order valence-electron chi connectivity index (χ1n) is 8.59. The van der Waals surface area contributed by atoms with Crippen LogP contribution in [0.3, 0.4) is 0 Å². The SMILES string of the molecule is CCCc1ccc(-c2ccc(F)cc2)cc1C1NC=CC(C)=C1C. The van der Waals surface area contributed by atoms with E-state index in [1.165, 1.54) is 34.4 Å². The van der Waals surface area contributed by atoms with Crippen LogP contribution in [0.4, 0.5) is 4.39 Å². The predicted octanol–water partition coefficient (Wildman–Crippen LogP) is 5.94. The summed E-state index contributed by atoms with van der Waals surface area (Å²) >= 11 is 0. The van der Waals surface area contributed by atoms with Crippen molar-refractivity contribution in [1.82, 2.24) is 5.32 Å². The van der Waals surface area contributed by atoms with Gasteiger partial charge in [0.1, 0.15) is 5.82 Å². The van der Waals surface area contributed by atoms with Gasteiger partial charge >= 0.3 is 0 Å². The molecule has 1 unspecified atom stereocenters. The number of dihydropyridines is 1. The van der Waals surface area contributed by atoms with Gasteiger partial charge in [-0.15, -0.1) is 0 Å². The van der Waals surface area contributed by atoms with Crippen LogP contribution in [-0.2, 0) is 6.42 Å².